The van der Waals surface area contributed by atoms with Crippen LogP contribution >= 0.6 is 33.2 Å². The second-order valence-electron chi connectivity index (χ2n) is 1.72. The summed E-state index contributed by atoms with van der Waals surface area (Å²) in [4.78, 5) is 0. The maximum absolute atomic E-state index is 5.43. The molecule has 1 fully saturated rings. The molecule has 0 spiro atoms. The number of epoxide rings is 1. The van der Waals surface area contributed by atoms with Crippen molar-refractivity contribution in [1.82, 2.24) is 0 Å². The lowest BCUT2D eigenvalue weighted by Crippen LogP contribution is -2.05. The molecule has 0 atom stereocenters. The molecule has 0 aromatic heterocycles. The molecule has 1 saturated heterocycles. The highest BCUT2D eigenvalue weighted by Gasteiger charge is 2.21. The summed E-state index contributed by atoms with van der Waals surface area (Å²) in [6.45, 7) is 5.43. The Kier molecular flexibility index (Phi) is 5.87. The summed E-state index contributed by atoms with van der Waals surface area (Å²) in [5, 5.41) is 0. The molecule has 1 nitrogen and oxygen atoms in total. The van der Waals surface area contributed by atoms with Gasteiger partial charge in [0.1, 0.15) is 0 Å². The quantitative estimate of drug-likeness (QED) is 0.301. The van der Waals surface area contributed by atoms with E-state index < -0.39 is 6.00 Å². The molecular weight excluding hydrogens is 210 g/mol. The van der Waals surface area contributed by atoms with E-state index in [0.717, 1.165) is 13.2 Å². The van der Waals surface area contributed by atoms with E-state index in [4.69, 9.17) is 33.2 Å². The first kappa shape index (κ1) is 10.8. The molecule has 60 valence electrons. The minimum absolute atomic E-state index is 0.539. The zero-order valence-electron chi connectivity index (χ0n) is 5.45. The van der Waals surface area contributed by atoms with Crippen molar-refractivity contribution in [3.63, 3.8) is 0 Å². The summed E-state index contributed by atoms with van der Waals surface area (Å²) in [6.07, 6.45) is 1.62. The van der Waals surface area contributed by atoms with E-state index in [1.54, 1.807) is 6.08 Å². The summed E-state index contributed by atoms with van der Waals surface area (Å²) in [7, 11) is 0. The summed E-state index contributed by atoms with van der Waals surface area (Å²) in [5.74, 6) is 0. The van der Waals surface area contributed by atoms with Crippen molar-refractivity contribution in [3.05, 3.63) is 12.7 Å². The fourth-order valence-corrected chi connectivity index (χ4v) is 1.47. The first-order chi connectivity index (χ1) is 4.56. The Morgan fingerprint density at radius 1 is 1.40 bits per heavy atom. The average Bonchev–Trinajstić information content (AvgIpc) is 2.40. The van der Waals surface area contributed by atoms with Crippen molar-refractivity contribution in [3.8, 4) is 0 Å². The molecule has 0 aromatic rings. The molecule has 1 heterocycles. The van der Waals surface area contributed by atoms with Crippen LogP contribution in [0.4, 0.5) is 0 Å². The van der Waals surface area contributed by atoms with Crippen molar-refractivity contribution in [2.45, 2.75) is 6.04 Å². The van der Waals surface area contributed by atoms with Crippen LogP contribution in [0, 0.1) is 0 Å². The lowest BCUT2D eigenvalue weighted by molar-refractivity contribution is 0.475. The Hall–Kier alpha value is 0.787. The normalized spacial score (nSPS) is 15.1. The van der Waals surface area contributed by atoms with Crippen molar-refractivity contribution in [2.24, 2.45) is 0 Å². The molecule has 10 heavy (non-hydrogen) atoms. The van der Waals surface area contributed by atoms with Crippen molar-refractivity contribution >= 4 is 39.2 Å². The SMILES string of the molecule is C1CO1.C=CC[Si](Cl)(Cl)Cl. The van der Waals surface area contributed by atoms with E-state index in [2.05, 4.69) is 11.3 Å². The Balaban J connectivity index is 0.000000219. The summed E-state index contributed by atoms with van der Waals surface area (Å²) < 4.78 is 4.50. The molecule has 0 saturated carbocycles. The van der Waals surface area contributed by atoms with Gasteiger partial charge in [0.15, 0.2) is 0 Å². The maximum Gasteiger partial charge on any atom is 0.344 e. The molecule has 0 radical (unpaired) electrons. The van der Waals surface area contributed by atoms with Gasteiger partial charge in [-0.05, 0) is 0 Å². The number of ether oxygens (including phenoxy) is 1. The standard InChI is InChI=1S/C3H5Cl3Si.C2H4O/c1-2-3-7(4,5)6;1-2-3-1/h2H,1,3H2;1-2H2. The Bertz CT molecular complexity index is 96.8. The van der Waals surface area contributed by atoms with Gasteiger partial charge in [0, 0.05) is 6.04 Å². The second-order valence-corrected chi connectivity index (χ2v) is 10.9. The largest absolute Gasteiger partial charge is 0.377 e. The van der Waals surface area contributed by atoms with Crippen LogP contribution in [0.1, 0.15) is 0 Å². The first-order valence-corrected chi connectivity index (χ1v) is 8.06. The van der Waals surface area contributed by atoms with Gasteiger partial charge in [0.05, 0.1) is 13.2 Å². The van der Waals surface area contributed by atoms with Crippen molar-refractivity contribution in [1.29, 1.82) is 0 Å². The van der Waals surface area contributed by atoms with Gasteiger partial charge in [-0.25, -0.2) is 0 Å². The van der Waals surface area contributed by atoms with Crippen LogP contribution in [0.2, 0.25) is 6.04 Å². The lowest BCUT2D eigenvalue weighted by Gasteiger charge is -1.99. The van der Waals surface area contributed by atoms with Crippen molar-refractivity contribution < 1.29 is 4.74 Å². The molecule has 0 amide bonds. The number of allylic oxidation sites excluding steroid dienone is 1. The zero-order chi connectivity index (χ0) is 8.04. The smallest absolute Gasteiger partial charge is 0.344 e. The third kappa shape index (κ3) is 15.9. The van der Waals surface area contributed by atoms with Crippen LogP contribution in [0.5, 0.6) is 0 Å². The predicted molar refractivity (Wildman–Crippen MR) is 49.1 cm³/mol. The Morgan fingerprint density at radius 2 is 1.80 bits per heavy atom. The molecule has 0 unspecified atom stereocenters. The van der Waals surface area contributed by atoms with Gasteiger partial charge in [-0.15, -0.1) is 39.8 Å². The van der Waals surface area contributed by atoms with E-state index in [1.165, 1.54) is 0 Å². The summed E-state index contributed by atoms with van der Waals surface area (Å²) >= 11 is 16.3. The number of hydrogen-bond donors (Lipinski definition) is 0. The number of rotatable bonds is 2. The van der Waals surface area contributed by atoms with Gasteiger partial charge < -0.3 is 4.74 Å². The van der Waals surface area contributed by atoms with E-state index in [-0.39, 0.29) is 0 Å². The van der Waals surface area contributed by atoms with Gasteiger partial charge in [0.25, 0.3) is 0 Å². The van der Waals surface area contributed by atoms with Gasteiger partial charge in [-0.1, -0.05) is 6.08 Å². The molecule has 0 aromatic carbocycles. The maximum atomic E-state index is 5.43. The minimum Gasteiger partial charge on any atom is -0.377 e. The average molecular weight is 220 g/mol. The molecule has 0 aliphatic carbocycles. The predicted octanol–water partition coefficient (Wildman–Crippen LogP) is 2.84. The molecule has 0 N–H and O–H groups in total. The van der Waals surface area contributed by atoms with Crippen LogP contribution in [-0.4, -0.2) is 19.2 Å². The Labute approximate surface area is 76.0 Å². The van der Waals surface area contributed by atoms with Gasteiger partial charge in [0.2, 0.25) is 0 Å². The number of hydrogen-bond acceptors (Lipinski definition) is 1. The molecule has 1 aliphatic rings. The van der Waals surface area contributed by atoms with Crippen LogP contribution in [0.3, 0.4) is 0 Å². The van der Waals surface area contributed by atoms with Crippen LogP contribution < -0.4 is 0 Å². The fourth-order valence-electron chi connectivity index (χ4n) is 0.164. The van der Waals surface area contributed by atoms with Gasteiger partial charge in [-0.2, -0.15) is 0 Å². The van der Waals surface area contributed by atoms with Crippen LogP contribution in [0.15, 0.2) is 12.7 Å². The van der Waals surface area contributed by atoms with E-state index in [0.29, 0.717) is 6.04 Å². The summed E-state index contributed by atoms with van der Waals surface area (Å²) in [5.41, 5.74) is 0. The third-order valence-corrected chi connectivity index (χ3v) is 2.72. The second kappa shape index (κ2) is 5.44. The third-order valence-electron chi connectivity index (χ3n) is 0.580. The summed E-state index contributed by atoms with van der Waals surface area (Å²) in [6, 6.07) is -1.82. The van der Waals surface area contributed by atoms with Gasteiger partial charge in [-0.3, -0.25) is 0 Å². The van der Waals surface area contributed by atoms with Crippen LogP contribution in [-0.2, 0) is 4.74 Å². The highest BCUT2D eigenvalue weighted by molar-refractivity contribution is 7.64. The molecule has 5 heteroatoms. The van der Waals surface area contributed by atoms with Gasteiger partial charge >= 0.3 is 6.00 Å². The van der Waals surface area contributed by atoms with E-state index in [1.807, 2.05) is 0 Å². The Morgan fingerprint density at radius 3 is 1.80 bits per heavy atom. The molecule has 0 bridgehead atoms. The van der Waals surface area contributed by atoms with Crippen LogP contribution in [0.25, 0.3) is 0 Å². The number of halogens is 3. The molecule has 1 aliphatic heterocycles. The monoisotopic (exact) mass is 218 g/mol. The highest BCUT2D eigenvalue weighted by Crippen LogP contribution is 2.24. The van der Waals surface area contributed by atoms with E-state index in [9.17, 15) is 0 Å². The lowest BCUT2D eigenvalue weighted by atomic mass is 10.8. The molecule has 1 rings (SSSR count). The zero-order valence-corrected chi connectivity index (χ0v) is 8.72. The molecular formula is C5H9Cl3OSi. The minimum atomic E-state index is -2.36. The first-order valence-electron chi connectivity index (χ1n) is 2.81. The highest BCUT2D eigenvalue weighted by atomic mass is 35.8. The van der Waals surface area contributed by atoms with Crippen molar-refractivity contribution in [2.75, 3.05) is 13.2 Å². The van der Waals surface area contributed by atoms with E-state index >= 15 is 0 Å². The fraction of sp³-hybridized carbons (Fsp3) is 0.600. The topological polar surface area (TPSA) is 12.5 Å².